The lowest BCUT2D eigenvalue weighted by atomic mass is 10.1. The van der Waals surface area contributed by atoms with Gasteiger partial charge in [0.1, 0.15) is 5.75 Å². The Kier molecular flexibility index (Phi) is 4.20. The second-order valence-electron chi connectivity index (χ2n) is 4.65. The van der Waals surface area contributed by atoms with Crippen molar-refractivity contribution in [1.82, 2.24) is 0 Å². The molecule has 0 spiro atoms. The highest BCUT2D eigenvalue weighted by atomic mass is 16.5. The number of hydrogen-bond donors (Lipinski definition) is 1. The first-order valence-electron chi connectivity index (χ1n) is 6.24. The van der Waals surface area contributed by atoms with Gasteiger partial charge in [-0.3, -0.25) is 4.79 Å². The molecule has 0 aliphatic heterocycles. The Hall–Kier alpha value is -1.55. The average Bonchev–Trinajstić information content (AvgIpc) is 3.21. The summed E-state index contributed by atoms with van der Waals surface area (Å²) in [6.45, 7) is 1.18. The van der Waals surface area contributed by atoms with Gasteiger partial charge in [-0.15, -0.1) is 0 Å². The second-order valence-corrected chi connectivity index (χ2v) is 4.65. The molecule has 1 fully saturated rings. The Balaban J connectivity index is 2.03. The maximum atomic E-state index is 11.2. The third kappa shape index (κ3) is 3.47. The molecule has 1 aliphatic rings. The Morgan fingerprint density at radius 3 is 2.83 bits per heavy atom. The predicted molar refractivity (Wildman–Crippen MR) is 68.3 cm³/mol. The van der Waals surface area contributed by atoms with E-state index >= 15 is 0 Å². The Morgan fingerprint density at radius 2 is 2.22 bits per heavy atom. The van der Waals surface area contributed by atoms with Crippen LogP contribution in [-0.4, -0.2) is 19.7 Å². The van der Waals surface area contributed by atoms with Crippen LogP contribution in [0, 0.1) is 5.92 Å². The highest BCUT2D eigenvalue weighted by Crippen LogP contribution is 2.30. The van der Waals surface area contributed by atoms with Crippen LogP contribution in [0.15, 0.2) is 18.2 Å². The quantitative estimate of drug-likeness (QED) is 0.779. The van der Waals surface area contributed by atoms with E-state index in [4.69, 9.17) is 10.5 Å². The van der Waals surface area contributed by atoms with Crippen molar-refractivity contribution in [2.24, 2.45) is 11.7 Å². The largest absolute Gasteiger partial charge is 0.493 e. The lowest BCUT2D eigenvalue weighted by Crippen LogP contribution is -2.08. The fraction of sp³-hybridized carbons (Fsp3) is 0.500. The second kappa shape index (κ2) is 5.87. The van der Waals surface area contributed by atoms with Crippen LogP contribution in [0.5, 0.6) is 5.75 Å². The average molecular weight is 249 g/mol. The van der Waals surface area contributed by atoms with Crippen LogP contribution in [0.1, 0.15) is 24.0 Å². The van der Waals surface area contributed by atoms with Crippen molar-refractivity contribution < 1.29 is 14.3 Å². The molecule has 98 valence electrons. The van der Waals surface area contributed by atoms with Gasteiger partial charge < -0.3 is 15.2 Å². The van der Waals surface area contributed by atoms with Crippen molar-refractivity contribution in [3.8, 4) is 5.75 Å². The summed E-state index contributed by atoms with van der Waals surface area (Å²) >= 11 is 0. The molecule has 0 radical (unpaired) electrons. The first-order valence-corrected chi connectivity index (χ1v) is 6.24. The number of carbonyl (C=O) groups is 1. The molecule has 0 saturated heterocycles. The lowest BCUT2D eigenvalue weighted by molar-refractivity contribution is -0.139. The van der Waals surface area contributed by atoms with E-state index in [1.165, 1.54) is 20.0 Å². The predicted octanol–water partition coefficient (Wildman–Crippen LogP) is 1.65. The van der Waals surface area contributed by atoms with Gasteiger partial charge in [0, 0.05) is 12.1 Å². The lowest BCUT2D eigenvalue weighted by Gasteiger charge is -2.11. The Labute approximate surface area is 107 Å². The summed E-state index contributed by atoms with van der Waals surface area (Å²) in [6.07, 6.45) is 2.79. The van der Waals surface area contributed by atoms with Crippen LogP contribution in [0.4, 0.5) is 0 Å². The zero-order valence-corrected chi connectivity index (χ0v) is 10.6. The molecule has 0 aromatic heterocycles. The fourth-order valence-electron chi connectivity index (χ4n) is 1.77. The van der Waals surface area contributed by atoms with Gasteiger partial charge in [0.25, 0.3) is 0 Å². The van der Waals surface area contributed by atoms with E-state index in [9.17, 15) is 4.79 Å². The monoisotopic (exact) mass is 249 g/mol. The van der Waals surface area contributed by atoms with Gasteiger partial charge in [0.2, 0.25) is 0 Å². The number of ether oxygens (including phenoxy) is 2. The molecule has 1 aromatic carbocycles. The molecule has 0 bridgehead atoms. The fourth-order valence-corrected chi connectivity index (χ4v) is 1.77. The summed E-state index contributed by atoms with van der Waals surface area (Å²) in [5.41, 5.74) is 7.55. The molecule has 4 nitrogen and oxygen atoms in total. The van der Waals surface area contributed by atoms with Crippen LogP contribution in [0.2, 0.25) is 0 Å². The zero-order chi connectivity index (χ0) is 13.0. The molecule has 0 unspecified atom stereocenters. The molecule has 0 atom stereocenters. The minimum absolute atomic E-state index is 0.246. The number of rotatable bonds is 6. The van der Waals surface area contributed by atoms with Crippen LogP contribution >= 0.6 is 0 Å². The van der Waals surface area contributed by atoms with E-state index in [0.717, 1.165) is 23.5 Å². The third-order valence-electron chi connectivity index (χ3n) is 3.09. The van der Waals surface area contributed by atoms with E-state index in [-0.39, 0.29) is 12.4 Å². The summed E-state index contributed by atoms with van der Waals surface area (Å²) in [7, 11) is 1.39. The summed E-state index contributed by atoms with van der Waals surface area (Å²) in [6, 6.07) is 5.69. The van der Waals surface area contributed by atoms with E-state index < -0.39 is 0 Å². The first kappa shape index (κ1) is 12.9. The van der Waals surface area contributed by atoms with Crippen LogP contribution in [0.25, 0.3) is 0 Å². The molecule has 4 heteroatoms. The minimum atomic E-state index is -0.246. The molecule has 0 amide bonds. The zero-order valence-electron chi connectivity index (χ0n) is 10.6. The van der Waals surface area contributed by atoms with Crippen molar-refractivity contribution in [2.75, 3.05) is 13.7 Å². The molecule has 1 aromatic rings. The smallest absolute Gasteiger partial charge is 0.309 e. The molecular weight excluding hydrogens is 230 g/mol. The van der Waals surface area contributed by atoms with Crippen LogP contribution in [0.3, 0.4) is 0 Å². The number of methoxy groups -OCH3 is 1. The standard InChI is InChI=1S/C14H19NO3/c1-17-14(16)7-11-4-5-13(12(6-11)8-15)18-9-10-2-3-10/h4-6,10H,2-3,7-9,15H2,1H3. The third-order valence-corrected chi connectivity index (χ3v) is 3.09. The number of esters is 1. The van der Waals surface area contributed by atoms with Crippen molar-refractivity contribution in [3.05, 3.63) is 29.3 Å². The molecule has 2 N–H and O–H groups in total. The molecule has 1 aliphatic carbocycles. The molecule has 0 heterocycles. The summed E-state index contributed by atoms with van der Waals surface area (Å²) in [5.74, 6) is 1.30. The maximum absolute atomic E-state index is 11.2. The summed E-state index contributed by atoms with van der Waals surface area (Å²) in [4.78, 5) is 11.2. The Morgan fingerprint density at radius 1 is 1.44 bits per heavy atom. The van der Waals surface area contributed by atoms with E-state index in [0.29, 0.717) is 12.5 Å². The number of benzene rings is 1. The van der Waals surface area contributed by atoms with Gasteiger partial charge in [-0.2, -0.15) is 0 Å². The molecule has 18 heavy (non-hydrogen) atoms. The van der Waals surface area contributed by atoms with Crippen molar-refractivity contribution >= 4 is 5.97 Å². The van der Waals surface area contributed by atoms with E-state index in [1.54, 1.807) is 0 Å². The Bertz CT molecular complexity index is 427. The summed E-state index contributed by atoms with van der Waals surface area (Å²) in [5, 5.41) is 0. The van der Waals surface area contributed by atoms with Gasteiger partial charge in [-0.25, -0.2) is 0 Å². The van der Waals surface area contributed by atoms with Crippen LogP contribution in [-0.2, 0) is 22.5 Å². The van der Waals surface area contributed by atoms with Gasteiger partial charge in [-0.05, 0) is 30.4 Å². The topological polar surface area (TPSA) is 61.5 Å². The highest BCUT2D eigenvalue weighted by molar-refractivity contribution is 5.72. The van der Waals surface area contributed by atoms with Crippen LogP contribution < -0.4 is 10.5 Å². The van der Waals surface area contributed by atoms with E-state index in [1.807, 2.05) is 18.2 Å². The van der Waals surface area contributed by atoms with Gasteiger partial charge in [0.05, 0.1) is 20.1 Å². The molecule has 2 rings (SSSR count). The normalized spacial score (nSPS) is 14.3. The molecule has 1 saturated carbocycles. The summed E-state index contributed by atoms with van der Waals surface area (Å²) < 4.78 is 10.4. The van der Waals surface area contributed by atoms with Crippen molar-refractivity contribution in [1.29, 1.82) is 0 Å². The highest BCUT2D eigenvalue weighted by Gasteiger charge is 2.22. The first-order chi connectivity index (χ1) is 8.72. The van der Waals surface area contributed by atoms with Crippen molar-refractivity contribution in [3.63, 3.8) is 0 Å². The maximum Gasteiger partial charge on any atom is 0.309 e. The minimum Gasteiger partial charge on any atom is -0.493 e. The van der Waals surface area contributed by atoms with Gasteiger partial charge >= 0.3 is 5.97 Å². The van der Waals surface area contributed by atoms with Gasteiger partial charge in [-0.1, -0.05) is 12.1 Å². The number of hydrogen-bond acceptors (Lipinski definition) is 4. The number of nitrogens with two attached hydrogens (primary N) is 1. The SMILES string of the molecule is COC(=O)Cc1ccc(OCC2CC2)c(CN)c1. The van der Waals surface area contributed by atoms with E-state index in [2.05, 4.69) is 4.74 Å². The van der Waals surface area contributed by atoms with Gasteiger partial charge in [0.15, 0.2) is 0 Å². The molecular formula is C14H19NO3. The van der Waals surface area contributed by atoms with Crippen molar-refractivity contribution in [2.45, 2.75) is 25.8 Å². The number of carbonyl (C=O) groups excluding carboxylic acids is 1.